The number of likely N-dealkylation sites (tertiary alicyclic amines) is 1. The molecule has 0 unspecified atom stereocenters. The van der Waals surface area contributed by atoms with Gasteiger partial charge < -0.3 is 9.80 Å². The van der Waals surface area contributed by atoms with Gasteiger partial charge in [0.25, 0.3) is 5.91 Å². The SMILES string of the molecule is CCCCCc1ccc(C(=O)N2CCC3(CC2)SCCN3C(=O)CCc2ccccc2)cc1. The topological polar surface area (TPSA) is 40.6 Å². The second-order valence-corrected chi connectivity index (χ2v) is 10.7. The van der Waals surface area contributed by atoms with Crippen LogP contribution in [-0.2, 0) is 17.6 Å². The lowest BCUT2D eigenvalue weighted by Gasteiger charge is -2.44. The molecule has 2 fully saturated rings. The number of unbranched alkanes of at least 4 members (excludes halogenated alkanes) is 2. The van der Waals surface area contributed by atoms with Crippen molar-refractivity contribution in [3.63, 3.8) is 0 Å². The van der Waals surface area contributed by atoms with Gasteiger partial charge in [0, 0.05) is 37.4 Å². The molecular weight excluding hydrogens is 428 g/mol. The van der Waals surface area contributed by atoms with Crippen LogP contribution in [0.5, 0.6) is 0 Å². The Labute approximate surface area is 202 Å². The number of thioether (sulfide) groups is 1. The largest absolute Gasteiger partial charge is 0.338 e. The summed E-state index contributed by atoms with van der Waals surface area (Å²) in [4.78, 5) is 30.1. The van der Waals surface area contributed by atoms with Crippen LogP contribution in [0.25, 0.3) is 0 Å². The van der Waals surface area contributed by atoms with E-state index >= 15 is 0 Å². The Kier molecular flexibility index (Phi) is 8.13. The lowest BCUT2D eigenvalue weighted by Crippen LogP contribution is -2.53. The third kappa shape index (κ3) is 5.81. The van der Waals surface area contributed by atoms with Gasteiger partial charge >= 0.3 is 0 Å². The van der Waals surface area contributed by atoms with Crippen LogP contribution in [0.2, 0.25) is 0 Å². The predicted octanol–water partition coefficient (Wildman–Crippen LogP) is 5.56. The summed E-state index contributed by atoms with van der Waals surface area (Å²) in [5, 5.41) is 0. The molecule has 2 aliphatic heterocycles. The molecular formula is C28H36N2O2S. The highest BCUT2D eigenvalue weighted by atomic mass is 32.2. The predicted molar refractivity (Wildman–Crippen MR) is 136 cm³/mol. The smallest absolute Gasteiger partial charge is 0.253 e. The van der Waals surface area contributed by atoms with E-state index in [9.17, 15) is 9.59 Å². The third-order valence-electron chi connectivity index (χ3n) is 7.05. The Hall–Kier alpha value is -2.27. The highest BCUT2D eigenvalue weighted by Gasteiger charge is 2.46. The molecule has 2 aromatic rings. The maximum Gasteiger partial charge on any atom is 0.253 e. The van der Waals surface area contributed by atoms with Crippen LogP contribution in [0.1, 0.15) is 66.9 Å². The molecule has 4 rings (SSSR count). The molecule has 2 aliphatic rings. The van der Waals surface area contributed by atoms with Crippen molar-refractivity contribution in [2.45, 2.75) is 63.2 Å². The van der Waals surface area contributed by atoms with Gasteiger partial charge in [-0.1, -0.05) is 62.2 Å². The van der Waals surface area contributed by atoms with Crippen LogP contribution in [0.15, 0.2) is 54.6 Å². The van der Waals surface area contributed by atoms with Crippen molar-refractivity contribution in [3.05, 3.63) is 71.3 Å². The monoisotopic (exact) mass is 464 g/mol. The van der Waals surface area contributed by atoms with E-state index in [1.165, 1.54) is 30.4 Å². The van der Waals surface area contributed by atoms with E-state index in [0.717, 1.165) is 43.5 Å². The van der Waals surface area contributed by atoms with Gasteiger partial charge in [0.05, 0.1) is 4.87 Å². The number of piperidine rings is 1. The number of amides is 2. The summed E-state index contributed by atoms with van der Waals surface area (Å²) in [6.07, 6.45) is 7.82. The Morgan fingerprint density at radius 2 is 1.58 bits per heavy atom. The number of aryl methyl sites for hydroxylation is 2. The minimum Gasteiger partial charge on any atom is -0.338 e. The molecule has 2 saturated heterocycles. The van der Waals surface area contributed by atoms with Crippen LogP contribution < -0.4 is 0 Å². The van der Waals surface area contributed by atoms with Crippen LogP contribution in [0, 0.1) is 0 Å². The molecule has 33 heavy (non-hydrogen) atoms. The number of hydrogen-bond acceptors (Lipinski definition) is 3. The van der Waals surface area contributed by atoms with E-state index in [-0.39, 0.29) is 16.7 Å². The average Bonchev–Trinajstić information content (AvgIpc) is 3.27. The number of carbonyl (C=O) groups excluding carboxylic acids is 2. The Morgan fingerprint density at radius 3 is 2.27 bits per heavy atom. The quantitative estimate of drug-likeness (QED) is 0.480. The van der Waals surface area contributed by atoms with Crippen molar-refractivity contribution in [1.29, 1.82) is 0 Å². The second-order valence-electron chi connectivity index (χ2n) is 9.27. The average molecular weight is 465 g/mol. The molecule has 0 bridgehead atoms. The minimum absolute atomic E-state index is 0.120. The van der Waals surface area contributed by atoms with Crippen molar-refractivity contribution < 1.29 is 9.59 Å². The third-order valence-corrected chi connectivity index (χ3v) is 8.60. The first kappa shape index (κ1) is 23.9. The summed E-state index contributed by atoms with van der Waals surface area (Å²) < 4.78 is 0. The van der Waals surface area contributed by atoms with Gasteiger partial charge in [0.1, 0.15) is 0 Å². The zero-order valence-corrected chi connectivity index (χ0v) is 20.6. The fourth-order valence-electron chi connectivity index (χ4n) is 5.04. The summed E-state index contributed by atoms with van der Waals surface area (Å²) >= 11 is 1.91. The summed E-state index contributed by atoms with van der Waals surface area (Å²) in [7, 11) is 0. The molecule has 2 heterocycles. The van der Waals surface area contributed by atoms with Crippen molar-refractivity contribution in [3.8, 4) is 0 Å². The number of rotatable bonds is 8. The van der Waals surface area contributed by atoms with Gasteiger partial charge in [0.2, 0.25) is 5.91 Å². The summed E-state index contributed by atoms with van der Waals surface area (Å²) in [6, 6.07) is 18.4. The second kappa shape index (κ2) is 11.2. The molecule has 0 N–H and O–H groups in total. The minimum atomic E-state index is -0.131. The van der Waals surface area contributed by atoms with Gasteiger partial charge in [-0.3, -0.25) is 9.59 Å². The van der Waals surface area contributed by atoms with Crippen LogP contribution in [-0.4, -0.2) is 51.9 Å². The molecule has 176 valence electrons. The highest BCUT2D eigenvalue weighted by molar-refractivity contribution is 8.00. The Balaban J connectivity index is 1.31. The zero-order valence-electron chi connectivity index (χ0n) is 19.8. The molecule has 0 atom stereocenters. The molecule has 0 aliphatic carbocycles. The lowest BCUT2D eigenvalue weighted by atomic mass is 9.99. The van der Waals surface area contributed by atoms with Crippen molar-refractivity contribution >= 4 is 23.6 Å². The lowest BCUT2D eigenvalue weighted by molar-refractivity contribution is -0.134. The standard InChI is InChI=1S/C28H36N2O2S/c1-2-3-5-8-24-11-14-25(15-12-24)27(32)29-19-17-28(18-20-29)30(21-22-33-28)26(31)16-13-23-9-6-4-7-10-23/h4,6-7,9-12,14-15H,2-3,5,8,13,16-22H2,1H3. The Bertz CT molecular complexity index is 921. The normalized spacial score (nSPS) is 17.5. The van der Waals surface area contributed by atoms with Crippen molar-refractivity contribution in [2.24, 2.45) is 0 Å². The van der Waals surface area contributed by atoms with Crippen molar-refractivity contribution in [1.82, 2.24) is 9.80 Å². The summed E-state index contributed by atoms with van der Waals surface area (Å²) in [5.74, 6) is 1.36. The van der Waals surface area contributed by atoms with E-state index < -0.39 is 0 Å². The maximum atomic E-state index is 13.1. The number of hydrogen-bond donors (Lipinski definition) is 0. The van der Waals surface area contributed by atoms with Crippen LogP contribution in [0.4, 0.5) is 0 Å². The first-order chi connectivity index (χ1) is 16.1. The molecule has 2 aromatic carbocycles. The Morgan fingerprint density at radius 1 is 0.879 bits per heavy atom. The number of carbonyl (C=O) groups is 2. The van der Waals surface area contributed by atoms with E-state index in [1.807, 2.05) is 47.0 Å². The van der Waals surface area contributed by atoms with E-state index in [2.05, 4.69) is 36.1 Å². The summed E-state index contributed by atoms with van der Waals surface area (Å²) in [6.45, 7) is 4.47. The molecule has 2 amide bonds. The van der Waals surface area contributed by atoms with E-state index in [0.29, 0.717) is 19.5 Å². The van der Waals surface area contributed by atoms with Gasteiger partial charge in [0.15, 0.2) is 0 Å². The number of benzene rings is 2. The van der Waals surface area contributed by atoms with Gasteiger partial charge in [-0.05, 0) is 55.4 Å². The maximum absolute atomic E-state index is 13.1. The van der Waals surface area contributed by atoms with Crippen molar-refractivity contribution in [2.75, 3.05) is 25.4 Å². The first-order valence-electron chi connectivity index (χ1n) is 12.5. The molecule has 0 saturated carbocycles. The molecule has 1 spiro atoms. The van der Waals surface area contributed by atoms with E-state index in [4.69, 9.17) is 0 Å². The van der Waals surface area contributed by atoms with Crippen LogP contribution in [0.3, 0.4) is 0 Å². The number of nitrogens with zero attached hydrogens (tertiary/aromatic N) is 2. The molecule has 0 radical (unpaired) electrons. The van der Waals surface area contributed by atoms with Gasteiger partial charge in [-0.25, -0.2) is 0 Å². The fraction of sp³-hybridized carbons (Fsp3) is 0.500. The molecule has 0 aromatic heterocycles. The zero-order chi connectivity index (χ0) is 23.1. The van der Waals surface area contributed by atoms with Crippen LogP contribution >= 0.6 is 11.8 Å². The van der Waals surface area contributed by atoms with Gasteiger partial charge in [-0.2, -0.15) is 0 Å². The molecule has 5 heteroatoms. The van der Waals surface area contributed by atoms with Gasteiger partial charge in [-0.15, -0.1) is 11.8 Å². The first-order valence-corrected chi connectivity index (χ1v) is 13.5. The molecule has 4 nitrogen and oxygen atoms in total. The summed E-state index contributed by atoms with van der Waals surface area (Å²) in [5.41, 5.74) is 3.30. The highest BCUT2D eigenvalue weighted by Crippen LogP contribution is 2.44. The van der Waals surface area contributed by atoms with E-state index in [1.54, 1.807) is 0 Å². The fourth-order valence-corrected chi connectivity index (χ4v) is 6.51.